The Morgan fingerprint density at radius 1 is 0.729 bits per heavy atom. The lowest BCUT2D eigenvalue weighted by molar-refractivity contribution is -0.143. The van der Waals surface area contributed by atoms with Crippen LogP contribution in [0.2, 0.25) is 0 Å². The number of aromatic nitrogens is 4. The number of benzene rings is 2. The molecule has 13 heteroatoms. The van der Waals surface area contributed by atoms with Crippen LogP contribution in [-0.4, -0.2) is 47.1 Å². The lowest BCUT2D eigenvalue weighted by Gasteiger charge is -2.30. The Bertz CT molecular complexity index is 1670. The minimum Gasteiger partial charge on any atom is -0.356 e. The van der Waals surface area contributed by atoms with Gasteiger partial charge in [0.25, 0.3) is 0 Å². The number of pyridine rings is 1. The van der Waals surface area contributed by atoms with Gasteiger partial charge in [0.1, 0.15) is 12.1 Å². The van der Waals surface area contributed by atoms with E-state index in [1.807, 2.05) is 45.0 Å². The predicted molar refractivity (Wildman–Crippen MR) is 176 cm³/mol. The molecule has 2 aromatic heterocycles. The lowest BCUT2D eigenvalue weighted by Crippen LogP contribution is -2.32. The van der Waals surface area contributed by atoms with Crippen LogP contribution in [0.3, 0.4) is 0 Å². The third-order valence-electron chi connectivity index (χ3n) is 8.37. The van der Waals surface area contributed by atoms with Crippen LogP contribution in [0.5, 0.6) is 0 Å². The lowest BCUT2D eigenvalue weighted by atomic mass is 10.0. The number of aryl methyl sites for hydroxylation is 1. The molecule has 2 aliphatic carbocycles. The number of hydrogen-bond donors (Lipinski definition) is 0. The first-order valence-corrected chi connectivity index (χ1v) is 16.3. The number of fused-ring (bicyclic) bond motifs is 1. The van der Waals surface area contributed by atoms with Crippen molar-refractivity contribution in [1.29, 1.82) is 0 Å². The van der Waals surface area contributed by atoms with Gasteiger partial charge in [-0.3, -0.25) is 0 Å². The fraction of sp³-hybridized carbons (Fsp3) is 0.486. The first-order valence-electron chi connectivity index (χ1n) is 16.3. The standard InChI is InChI=1S/C33H35F6N7.C2H6/c1-20-5-4-6-24-13-25(29(42-28(20)24)45(15-21-7-8-21)16-22-9-10-22)18-46(31-41-19-40-30(43-31)44(2)3)17-23-11-26(32(34,35)36)14-27(12-23)33(37,38)39;1-2/h4-6,11-14,19,21-22H,7-10,15-18H2,1-3H3;1-2H3. The average molecular weight is 674 g/mol. The quantitative estimate of drug-likeness (QED) is 0.148. The van der Waals surface area contributed by atoms with E-state index in [1.54, 1.807) is 23.9 Å². The Morgan fingerprint density at radius 2 is 1.31 bits per heavy atom. The molecule has 2 aromatic carbocycles. The summed E-state index contributed by atoms with van der Waals surface area (Å²) < 4.78 is 82.8. The van der Waals surface area contributed by atoms with E-state index in [4.69, 9.17) is 4.98 Å². The molecule has 0 saturated heterocycles. The van der Waals surface area contributed by atoms with Crippen molar-refractivity contribution in [1.82, 2.24) is 19.9 Å². The molecule has 0 unspecified atom stereocenters. The zero-order valence-corrected chi connectivity index (χ0v) is 27.8. The van der Waals surface area contributed by atoms with Gasteiger partial charge in [0.05, 0.1) is 16.6 Å². The molecule has 2 aliphatic rings. The van der Waals surface area contributed by atoms with Crippen molar-refractivity contribution in [2.75, 3.05) is 41.9 Å². The topological polar surface area (TPSA) is 61.3 Å². The van der Waals surface area contributed by atoms with Crippen LogP contribution in [0.4, 0.5) is 44.1 Å². The van der Waals surface area contributed by atoms with Crippen molar-refractivity contribution in [2.24, 2.45) is 11.8 Å². The number of halogens is 6. The highest BCUT2D eigenvalue weighted by Crippen LogP contribution is 2.39. The monoisotopic (exact) mass is 673 g/mol. The zero-order chi connectivity index (χ0) is 34.8. The Hall–Kier alpha value is -4.16. The Kier molecular flexibility index (Phi) is 10.4. The summed E-state index contributed by atoms with van der Waals surface area (Å²) in [5.74, 6) is 2.32. The number of hydrogen-bond acceptors (Lipinski definition) is 7. The molecule has 0 bridgehead atoms. The molecule has 6 rings (SSSR count). The molecule has 0 spiro atoms. The summed E-state index contributed by atoms with van der Waals surface area (Å²) in [7, 11) is 3.46. The minimum absolute atomic E-state index is 0.0898. The zero-order valence-electron chi connectivity index (χ0n) is 27.8. The molecule has 0 radical (unpaired) electrons. The van der Waals surface area contributed by atoms with Gasteiger partial charge in [-0.1, -0.05) is 32.0 Å². The maximum Gasteiger partial charge on any atom is 0.416 e. The summed E-state index contributed by atoms with van der Waals surface area (Å²) in [6, 6.07) is 9.56. The van der Waals surface area contributed by atoms with Gasteiger partial charge in [0, 0.05) is 51.2 Å². The van der Waals surface area contributed by atoms with Crippen LogP contribution >= 0.6 is 0 Å². The summed E-state index contributed by atoms with van der Waals surface area (Å²) in [6.07, 6.45) is -4.08. The SMILES string of the molecule is CC.Cc1cccc2cc(CN(Cc3cc(C(F)(F)F)cc(C(F)(F)F)c3)c3ncnc(N(C)C)n3)c(N(CC3CC3)CC3CC3)nc12. The van der Waals surface area contributed by atoms with Crippen LogP contribution in [0, 0.1) is 18.8 Å². The summed E-state index contributed by atoms with van der Waals surface area (Å²) in [4.78, 5) is 23.7. The van der Waals surface area contributed by atoms with E-state index in [1.165, 1.54) is 6.33 Å². The molecule has 0 amide bonds. The molecule has 2 heterocycles. The number of rotatable bonds is 11. The normalized spacial score (nSPS) is 14.8. The van der Waals surface area contributed by atoms with E-state index < -0.39 is 23.5 Å². The van der Waals surface area contributed by atoms with Crippen molar-refractivity contribution in [3.8, 4) is 0 Å². The highest BCUT2D eigenvalue weighted by atomic mass is 19.4. The number of nitrogens with zero attached hydrogens (tertiary/aromatic N) is 7. The molecule has 2 saturated carbocycles. The summed E-state index contributed by atoms with van der Waals surface area (Å²) in [5, 5.41) is 0.888. The van der Waals surface area contributed by atoms with Gasteiger partial charge in [-0.25, -0.2) is 15.0 Å². The van der Waals surface area contributed by atoms with Crippen LogP contribution in [-0.2, 0) is 25.4 Å². The average Bonchev–Trinajstić information content (AvgIpc) is 3.98. The van der Waals surface area contributed by atoms with Crippen molar-refractivity contribution >= 4 is 28.6 Å². The highest BCUT2D eigenvalue weighted by Gasteiger charge is 2.37. The third kappa shape index (κ3) is 8.65. The smallest absolute Gasteiger partial charge is 0.356 e. The molecule has 48 heavy (non-hydrogen) atoms. The van der Waals surface area contributed by atoms with Gasteiger partial charge in [-0.2, -0.15) is 31.3 Å². The van der Waals surface area contributed by atoms with Crippen LogP contribution < -0.4 is 14.7 Å². The minimum atomic E-state index is -4.97. The van der Waals surface area contributed by atoms with E-state index in [0.29, 0.717) is 17.8 Å². The second kappa shape index (κ2) is 14.1. The molecule has 0 aliphatic heterocycles. The van der Waals surface area contributed by atoms with Gasteiger partial charge >= 0.3 is 12.4 Å². The van der Waals surface area contributed by atoms with Crippen molar-refractivity contribution in [2.45, 2.75) is 71.9 Å². The van der Waals surface area contributed by atoms with Gasteiger partial charge in [0.2, 0.25) is 11.9 Å². The number of para-hydroxylation sites is 1. The van der Waals surface area contributed by atoms with Gasteiger partial charge < -0.3 is 14.7 Å². The second-order valence-corrected chi connectivity index (χ2v) is 12.7. The molecule has 0 N–H and O–H groups in total. The first-order chi connectivity index (χ1) is 22.7. The fourth-order valence-electron chi connectivity index (χ4n) is 5.62. The maximum absolute atomic E-state index is 13.8. The first kappa shape index (κ1) is 35.2. The molecular formula is C35H41F6N7. The van der Waals surface area contributed by atoms with Gasteiger partial charge in [0.15, 0.2) is 0 Å². The van der Waals surface area contributed by atoms with Crippen molar-refractivity contribution < 1.29 is 26.3 Å². The van der Waals surface area contributed by atoms with Crippen LogP contribution in [0.1, 0.15) is 67.3 Å². The molecule has 2 fully saturated rings. The third-order valence-corrected chi connectivity index (χ3v) is 8.37. The molecule has 0 atom stereocenters. The number of alkyl halides is 6. The van der Waals surface area contributed by atoms with Crippen molar-refractivity contribution in [3.05, 3.63) is 76.6 Å². The van der Waals surface area contributed by atoms with E-state index in [0.717, 1.165) is 78.8 Å². The molecule has 7 nitrogen and oxygen atoms in total. The second-order valence-electron chi connectivity index (χ2n) is 12.7. The number of anilines is 3. The van der Waals surface area contributed by atoms with Crippen LogP contribution in [0.25, 0.3) is 10.9 Å². The summed E-state index contributed by atoms with van der Waals surface area (Å²) in [5.41, 5.74) is -0.262. The Balaban J connectivity index is 0.00000221. The maximum atomic E-state index is 13.8. The summed E-state index contributed by atoms with van der Waals surface area (Å²) >= 11 is 0. The van der Waals surface area contributed by atoms with E-state index in [9.17, 15) is 26.3 Å². The Labute approximate surface area is 277 Å². The van der Waals surface area contributed by atoms with E-state index in [-0.39, 0.29) is 30.7 Å². The van der Waals surface area contributed by atoms with Gasteiger partial charge in [-0.15, -0.1) is 0 Å². The molecular weight excluding hydrogens is 632 g/mol. The molecule has 258 valence electrons. The Morgan fingerprint density at radius 3 is 1.85 bits per heavy atom. The van der Waals surface area contributed by atoms with E-state index in [2.05, 4.69) is 19.9 Å². The van der Waals surface area contributed by atoms with Crippen LogP contribution in [0.15, 0.2) is 48.8 Å². The largest absolute Gasteiger partial charge is 0.416 e. The highest BCUT2D eigenvalue weighted by molar-refractivity contribution is 5.84. The van der Waals surface area contributed by atoms with Gasteiger partial charge in [-0.05, 0) is 79.8 Å². The molecule has 4 aromatic rings. The van der Waals surface area contributed by atoms with Crippen molar-refractivity contribution in [3.63, 3.8) is 0 Å². The van der Waals surface area contributed by atoms with E-state index >= 15 is 0 Å². The fourth-order valence-corrected chi connectivity index (χ4v) is 5.62. The summed E-state index contributed by atoms with van der Waals surface area (Å²) in [6.45, 7) is 7.45. The predicted octanol–water partition coefficient (Wildman–Crippen LogP) is 8.69.